The third-order valence-electron chi connectivity index (χ3n) is 7.12. The molecule has 0 bridgehead atoms. The number of aromatic nitrogens is 1. The van der Waals surface area contributed by atoms with Crippen LogP contribution in [0.15, 0.2) is 47.7 Å². The van der Waals surface area contributed by atoms with E-state index in [4.69, 9.17) is 4.74 Å². The van der Waals surface area contributed by atoms with Gasteiger partial charge >= 0.3 is 0 Å². The molecule has 5 rings (SSSR count). The number of hydrogen-bond acceptors (Lipinski definition) is 5. The summed E-state index contributed by atoms with van der Waals surface area (Å²) in [5, 5.41) is 7.70. The molecule has 0 spiro atoms. The van der Waals surface area contributed by atoms with Crippen molar-refractivity contribution in [2.75, 3.05) is 39.3 Å². The highest BCUT2D eigenvalue weighted by Crippen LogP contribution is 2.33. The monoisotopic (exact) mass is 461 g/mol. The number of allylic oxidation sites excluding steroid dienone is 1. The second kappa shape index (κ2) is 9.76. The number of rotatable bonds is 6. The van der Waals surface area contributed by atoms with E-state index in [1.165, 1.54) is 5.56 Å². The molecule has 1 aromatic carbocycles. The molecule has 1 N–H and O–H groups in total. The average Bonchev–Trinajstić information content (AvgIpc) is 3.64. The maximum atomic E-state index is 12.4. The minimum Gasteiger partial charge on any atom is -0.368 e. The first-order valence-electron chi connectivity index (χ1n) is 12.4. The zero-order valence-electron chi connectivity index (χ0n) is 20.2. The number of benzene rings is 1. The molecule has 0 radical (unpaired) electrons. The Morgan fingerprint density at radius 2 is 1.79 bits per heavy atom. The van der Waals surface area contributed by atoms with Crippen molar-refractivity contribution in [1.29, 1.82) is 0 Å². The van der Waals surface area contributed by atoms with E-state index in [1.54, 1.807) is 0 Å². The molecule has 1 aromatic heterocycles. The zero-order chi connectivity index (χ0) is 23.7. The highest BCUT2D eigenvalue weighted by molar-refractivity contribution is 5.81. The molecule has 2 aromatic rings. The Morgan fingerprint density at radius 1 is 1.09 bits per heavy atom. The molecule has 2 atom stereocenters. The zero-order valence-corrected chi connectivity index (χ0v) is 20.2. The van der Waals surface area contributed by atoms with Gasteiger partial charge < -0.3 is 19.9 Å². The summed E-state index contributed by atoms with van der Waals surface area (Å²) < 4.78 is 7.94. The fourth-order valence-electron chi connectivity index (χ4n) is 5.05. The standard InChI is InChI=1S/C27H35N5O2/c1-4-24(30-11-13-31(14-12-30)27(33)22-9-10-22)25-15-23(18-32(25)28-3)20-5-7-21(8-6-20)26-17-29-16-19(2)34-26/h4-8,15,18-19,22,26,29H,3,9-14,16-17H2,1-2H3/b24-4+/t19-,26+/m1/s1. The fraction of sp³-hybridized carbons (Fsp3) is 0.481. The summed E-state index contributed by atoms with van der Waals surface area (Å²) in [6.45, 7) is 12.9. The van der Waals surface area contributed by atoms with Crippen molar-refractivity contribution in [2.24, 2.45) is 11.0 Å². The van der Waals surface area contributed by atoms with Crippen LogP contribution in [0.25, 0.3) is 16.8 Å². The number of morpholine rings is 1. The summed E-state index contributed by atoms with van der Waals surface area (Å²) in [4.78, 5) is 16.8. The van der Waals surface area contributed by atoms with Crippen molar-refractivity contribution in [3.63, 3.8) is 0 Å². The van der Waals surface area contributed by atoms with E-state index in [-0.39, 0.29) is 18.1 Å². The summed E-state index contributed by atoms with van der Waals surface area (Å²) in [5.74, 6) is 0.626. The van der Waals surface area contributed by atoms with Gasteiger partial charge in [-0.15, -0.1) is 0 Å². The molecule has 34 heavy (non-hydrogen) atoms. The molecule has 3 heterocycles. The van der Waals surface area contributed by atoms with Gasteiger partial charge in [0.2, 0.25) is 5.91 Å². The number of nitrogens with zero attached hydrogens (tertiary/aromatic N) is 4. The highest BCUT2D eigenvalue weighted by Gasteiger charge is 2.35. The van der Waals surface area contributed by atoms with Crippen molar-refractivity contribution >= 4 is 18.3 Å². The summed E-state index contributed by atoms with van der Waals surface area (Å²) in [6.07, 6.45) is 6.61. The Labute approximate surface area is 202 Å². The van der Waals surface area contributed by atoms with Gasteiger partial charge in [-0.1, -0.05) is 30.3 Å². The molecule has 1 amide bonds. The number of carbonyl (C=O) groups is 1. The number of hydrogen-bond donors (Lipinski definition) is 1. The van der Waals surface area contributed by atoms with Crippen LogP contribution in [0.5, 0.6) is 0 Å². The SMILES string of the molecule is C=Nn1cc(-c2ccc([C@@H]3CNC[C@@H](C)O3)cc2)cc1/C(=C\C)N1CCN(C(=O)C2CC2)CC1. The Morgan fingerprint density at radius 3 is 2.41 bits per heavy atom. The lowest BCUT2D eigenvalue weighted by Gasteiger charge is -2.37. The lowest BCUT2D eigenvalue weighted by atomic mass is 10.0. The second-order valence-corrected chi connectivity index (χ2v) is 9.58. The fourth-order valence-corrected chi connectivity index (χ4v) is 5.05. The van der Waals surface area contributed by atoms with E-state index in [9.17, 15) is 4.79 Å². The molecule has 180 valence electrons. The van der Waals surface area contributed by atoms with Crippen LogP contribution >= 0.6 is 0 Å². The minimum atomic E-state index is 0.0906. The van der Waals surface area contributed by atoms with Crippen molar-refractivity contribution in [1.82, 2.24) is 19.8 Å². The van der Waals surface area contributed by atoms with Crippen LogP contribution in [0, 0.1) is 5.92 Å². The summed E-state index contributed by atoms with van der Waals surface area (Å²) >= 11 is 0. The number of piperazine rings is 1. The molecule has 7 nitrogen and oxygen atoms in total. The quantitative estimate of drug-likeness (QED) is 0.668. The highest BCUT2D eigenvalue weighted by atomic mass is 16.5. The van der Waals surface area contributed by atoms with Crippen LogP contribution in [0.3, 0.4) is 0 Å². The summed E-state index contributed by atoms with van der Waals surface area (Å²) in [7, 11) is 0. The molecule has 7 heteroatoms. The first-order chi connectivity index (χ1) is 16.6. The van der Waals surface area contributed by atoms with Crippen molar-refractivity contribution in [3.8, 4) is 11.1 Å². The minimum absolute atomic E-state index is 0.0906. The van der Waals surface area contributed by atoms with Gasteiger partial charge in [0.05, 0.1) is 23.6 Å². The van der Waals surface area contributed by atoms with Crippen LogP contribution < -0.4 is 5.32 Å². The van der Waals surface area contributed by atoms with Gasteiger partial charge in [0.1, 0.15) is 0 Å². The molecule has 2 saturated heterocycles. The molecule has 3 fully saturated rings. The van der Waals surface area contributed by atoms with Gasteiger partial charge in [-0.2, -0.15) is 5.10 Å². The van der Waals surface area contributed by atoms with Gasteiger partial charge in [0.25, 0.3) is 0 Å². The number of carbonyl (C=O) groups excluding carboxylic acids is 1. The average molecular weight is 462 g/mol. The van der Waals surface area contributed by atoms with Crippen LogP contribution in [-0.2, 0) is 9.53 Å². The van der Waals surface area contributed by atoms with E-state index < -0.39 is 0 Å². The lowest BCUT2D eigenvalue weighted by molar-refractivity contribution is -0.133. The lowest BCUT2D eigenvalue weighted by Crippen LogP contribution is -2.48. The normalized spacial score (nSPS) is 23.8. The largest absolute Gasteiger partial charge is 0.368 e. The molecular weight excluding hydrogens is 426 g/mol. The summed E-state index contributed by atoms with van der Waals surface area (Å²) in [6, 6.07) is 10.8. The van der Waals surface area contributed by atoms with E-state index in [0.29, 0.717) is 5.91 Å². The van der Waals surface area contributed by atoms with Crippen LogP contribution in [0.2, 0.25) is 0 Å². The molecule has 1 aliphatic carbocycles. The van der Waals surface area contributed by atoms with E-state index in [0.717, 1.165) is 74.6 Å². The molecule has 2 aliphatic heterocycles. The first kappa shape index (κ1) is 22.9. The Hall–Kier alpha value is -2.90. The number of amides is 1. The predicted octanol–water partition coefficient (Wildman–Crippen LogP) is 3.58. The summed E-state index contributed by atoms with van der Waals surface area (Å²) in [5.41, 5.74) is 5.58. The molecular formula is C27H35N5O2. The molecule has 0 unspecified atom stereocenters. The van der Waals surface area contributed by atoms with Crippen molar-refractivity contribution in [3.05, 3.63) is 53.9 Å². The van der Waals surface area contributed by atoms with E-state index in [1.807, 2.05) is 15.8 Å². The number of ether oxygens (including phenoxy) is 1. The smallest absolute Gasteiger partial charge is 0.225 e. The van der Waals surface area contributed by atoms with E-state index in [2.05, 4.69) is 72.3 Å². The van der Waals surface area contributed by atoms with Gasteiger partial charge in [-0.3, -0.25) is 4.79 Å². The van der Waals surface area contributed by atoms with Gasteiger partial charge in [-0.25, -0.2) is 4.68 Å². The van der Waals surface area contributed by atoms with Crippen molar-refractivity contribution in [2.45, 2.75) is 38.9 Å². The Balaban J connectivity index is 1.31. The third-order valence-corrected chi connectivity index (χ3v) is 7.12. The van der Waals surface area contributed by atoms with Gasteiger partial charge in [-0.05, 0) is 43.9 Å². The maximum Gasteiger partial charge on any atom is 0.225 e. The third kappa shape index (κ3) is 4.68. The predicted molar refractivity (Wildman–Crippen MR) is 136 cm³/mol. The van der Waals surface area contributed by atoms with Crippen LogP contribution in [0.4, 0.5) is 0 Å². The molecule has 1 saturated carbocycles. The van der Waals surface area contributed by atoms with Gasteiger partial charge in [0.15, 0.2) is 0 Å². The van der Waals surface area contributed by atoms with E-state index >= 15 is 0 Å². The second-order valence-electron chi connectivity index (χ2n) is 9.58. The first-order valence-corrected chi connectivity index (χ1v) is 12.4. The van der Waals surface area contributed by atoms with Crippen LogP contribution in [0.1, 0.15) is 44.1 Å². The van der Waals surface area contributed by atoms with Crippen LogP contribution in [-0.4, -0.2) is 72.5 Å². The number of nitrogens with one attached hydrogen (secondary N) is 1. The van der Waals surface area contributed by atoms with Crippen molar-refractivity contribution < 1.29 is 9.53 Å². The Bertz CT molecular complexity index is 1060. The maximum absolute atomic E-state index is 12.4. The Kier molecular flexibility index (Phi) is 6.57. The topological polar surface area (TPSA) is 62.1 Å². The molecule has 3 aliphatic rings. The van der Waals surface area contributed by atoms with Gasteiger partial charge in [0, 0.05) is 63.7 Å².